The van der Waals surface area contributed by atoms with Gasteiger partial charge in [0.25, 0.3) is 0 Å². The number of carbonyl (C=O) groups is 1. The van der Waals surface area contributed by atoms with Gasteiger partial charge >= 0.3 is 5.97 Å². The van der Waals surface area contributed by atoms with Crippen molar-refractivity contribution >= 4 is 5.97 Å². The summed E-state index contributed by atoms with van der Waals surface area (Å²) in [6, 6.07) is 0. The van der Waals surface area contributed by atoms with Crippen molar-refractivity contribution in [3.8, 4) is 0 Å². The van der Waals surface area contributed by atoms with Crippen LogP contribution in [0, 0.1) is 50.2 Å². The van der Waals surface area contributed by atoms with E-state index in [1.807, 2.05) is 0 Å². The van der Waals surface area contributed by atoms with E-state index in [1.165, 1.54) is 18.4 Å². The highest BCUT2D eigenvalue weighted by atomic mass is 16.4. The lowest BCUT2D eigenvalue weighted by atomic mass is 9.33. The molecular formula is C30H48O4. The smallest absolute Gasteiger partial charge is 0.314 e. The van der Waals surface area contributed by atoms with E-state index in [-0.39, 0.29) is 33.5 Å². The van der Waals surface area contributed by atoms with Crippen LogP contribution >= 0.6 is 0 Å². The molecule has 4 heteroatoms. The molecule has 0 aromatic rings. The molecule has 0 aromatic carbocycles. The summed E-state index contributed by atoms with van der Waals surface area (Å²) >= 11 is 0. The first-order valence-corrected chi connectivity index (χ1v) is 13.9. The van der Waals surface area contributed by atoms with Gasteiger partial charge in [-0.3, -0.25) is 4.79 Å². The lowest BCUT2D eigenvalue weighted by molar-refractivity contribution is -0.245. The molecule has 4 nitrogen and oxygen atoms in total. The molecule has 3 N–H and O–H groups in total. The van der Waals surface area contributed by atoms with Gasteiger partial charge in [0.05, 0.1) is 17.6 Å². The van der Waals surface area contributed by atoms with E-state index in [0.717, 1.165) is 32.1 Å². The highest BCUT2D eigenvalue weighted by molar-refractivity contribution is 5.81. The van der Waals surface area contributed by atoms with Crippen LogP contribution in [0.5, 0.6) is 0 Å². The van der Waals surface area contributed by atoms with E-state index >= 15 is 0 Å². The molecule has 5 aliphatic carbocycles. The monoisotopic (exact) mass is 472 g/mol. The zero-order chi connectivity index (χ0) is 25.1. The molecule has 0 saturated heterocycles. The average Bonchev–Trinajstić information content (AvgIpc) is 2.70. The van der Waals surface area contributed by atoms with Crippen molar-refractivity contribution in [2.75, 3.05) is 0 Å². The minimum Gasteiger partial charge on any atom is -0.481 e. The van der Waals surface area contributed by atoms with E-state index in [0.29, 0.717) is 18.8 Å². The fraction of sp³-hybridized carbons (Fsp3) is 0.900. The molecule has 0 aliphatic heterocycles. The second-order valence-corrected chi connectivity index (χ2v) is 15.3. The molecule has 0 amide bonds. The number of carboxylic acid groups (broad SMARTS) is 1. The van der Waals surface area contributed by atoms with Gasteiger partial charge in [-0.1, -0.05) is 60.1 Å². The molecule has 0 bridgehead atoms. The molecule has 0 unspecified atom stereocenters. The van der Waals surface area contributed by atoms with Gasteiger partial charge < -0.3 is 15.3 Å². The van der Waals surface area contributed by atoms with E-state index < -0.39 is 29.0 Å². The molecule has 192 valence electrons. The Labute approximate surface area is 206 Å². The van der Waals surface area contributed by atoms with Crippen LogP contribution in [0.1, 0.15) is 106 Å². The number of rotatable bonds is 1. The first-order valence-electron chi connectivity index (χ1n) is 13.9. The van der Waals surface area contributed by atoms with Crippen molar-refractivity contribution in [1.82, 2.24) is 0 Å². The number of hydrogen-bond donors (Lipinski definition) is 3. The van der Waals surface area contributed by atoms with Gasteiger partial charge in [0.2, 0.25) is 0 Å². The Balaban J connectivity index is 1.67. The van der Waals surface area contributed by atoms with Crippen LogP contribution < -0.4 is 0 Å². The topological polar surface area (TPSA) is 77.8 Å². The summed E-state index contributed by atoms with van der Waals surface area (Å²) in [6.45, 7) is 15.9. The Kier molecular flexibility index (Phi) is 5.20. The number of allylic oxidation sites excluding steroid dienone is 1. The van der Waals surface area contributed by atoms with Crippen LogP contribution in [-0.2, 0) is 4.79 Å². The number of aliphatic hydroxyl groups is 2. The minimum absolute atomic E-state index is 0.0231. The largest absolute Gasteiger partial charge is 0.481 e. The van der Waals surface area contributed by atoms with Crippen LogP contribution in [0.25, 0.3) is 0 Å². The third kappa shape index (κ3) is 2.88. The molecule has 34 heavy (non-hydrogen) atoms. The standard InChI is InChI=1S/C30H48O4/c1-25(2)12-13-27(5)14-15-30(24(33)34)18(19(27)16-25)8-9-21-28(6)11-10-22(32)26(3,4)23(28)20(31)17-29(21,30)7/h8,19-23,31-32H,9-17H2,1-7H3,(H,33,34)/t19-,20-,21+,22-,23-,27+,28+,29+,30+/m0/s1. The van der Waals surface area contributed by atoms with E-state index in [4.69, 9.17) is 0 Å². The summed E-state index contributed by atoms with van der Waals surface area (Å²) < 4.78 is 0. The molecule has 0 radical (unpaired) electrons. The molecule has 0 spiro atoms. The summed E-state index contributed by atoms with van der Waals surface area (Å²) in [6.07, 6.45) is 9.45. The van der Waals surface area contributed by atoms with Crippen LogP contribution in [-0.4, -0.2) is 33.5 Å². The van der Waals surface area contributed by atoms with Crippen molar-refractivity contribution in [2.45, 2.75) is 118 Å². The van der Waals surface area contributed by atoms with Gasteiger partial charge in [0.15, 0.2) is 0 Å². The first kappa shape index (κ1) is 24.8. The fourth-order valence-electron chi connectivity index (χ4n) is 10.8. The van der Waals surface area contributed by atoms with Gasteiger partial charge in [-0.2, -0.15) is 0 Å². The SMILES string of the molecule is CC1(C)CC[C@]2(C)CC[C@]3(C(=O)O)C(=CC[C@@H]4[C@@]5(C)CC[C@H](O)C(C)(C)[C@@H]5[C@@H](O)C[C@]43C)[C@@H]2C1. The van der Waals surface area contributed by atoms with Crippen molar-refractivity contribution in [1.29, 1.82) is 0 Å². The zero-order valence-corrected chi connectivity index (χ0v) is 22.6. The normalized spacial score (nSPS) is 53.4. The van der Waals surface area contributed by atoms with Crippen LogP contribution in [0.2, 0.25) is 0 Å². The van der Waals surface area contributed by atoms with E-state index in [1.54, 1.807) is 0 Å². The molecule has 5 rings (SSSR count). The van der Waals surface area contributed by atoms with Crippen molar-refractivity contribution in [2.24, 2.45) is 50.2 Å². The van der Waals surface area contributed by atoms with Crippen LogP contribution in [0.3, 0.4) is 0 Å². The summed E-state index contributed by atoms with van der Waals surface area (Å²) in [4.78, 5) is 13.5. The van der Waals surface area contributed by atoms with Crippen molar-refractivity contribution < 1.29 is 20.1 Å². The van der Waals surface area contributed by atoms with Gasteiger partial charge in [-0.15, -0.1) is 0 Å². The van der Waals surface area contributed by atoms with Crippen molar-refractivity contribution in [3.05, 3.63) is 11.6 Å². The molecule has 5 aliphatic rings. The predicted molar refractivity (Wildman–Crippen MR) is 134 cm³/mol. The lowest BCUT2D eigenvalue weighted by Crippen LogP contribution is -2.69. The molecule has 4 fully saturated rings. The maximum Gasteiger partial charge on any atom is 0.314 e. The highest BCUT2D eigenvalue weighted by Crippen LogP contribution is 2.75. The number of hydrogen-bond acceptors (Lipinski definition) is 3. The summed E-state index contributed by atoms with van der Waals surface area (Å²) in [7, 11) is 0. The molecule has 0 heterocycles. The van der Waals surface area contributed by atoms with Gasteiger partial charge in [0.1, 0.15) is 0 Å². The quantitative estimate of drug-likeness (QED) is 0.397. The van der Waals surface area contributed by atoms with Gasteiger partial charge in [-0.25, -0.2) is 0 Å². The predicted octanol–water partition coefficient (Wildman–Crippen LogP) is 6.20. The second kappa shape index (κ2) is 7.12. The highest BCUT2D eigenvalue weighted by Gasteiger charge is 2.73. The van der Waals surface area contributed by atoms with E-state index in [9.17, 15) is 20.1 Å². The minimum atomic E-state index is -0.900. The van der Waals surface area contributed by atoms with Crippen molar-refractivity contribution in [3.63, 3.8) is 0 Å². The summed E-state index contributed by atoms with van der Waals surface area (Å²) in [5.41, 5.74) is -0.349. The number of carboxylic acids is 1. The summed E-state index contributed by atoms with van der Waals surface area (Å²) in [5.74, 6) is -0.182. The first-order chi connectivity index (χ1) is 15.6. The Morgan fingerprint density at radius 3 is 2.21 bits per heavy atom. The number of aliphatic hydroxyl groups excluding tert-OH is 2. The average molecular weight is 473 g/mol. The maximum atomic E-state index is 13.5. The molecule has 4 saturated carbocycles. The Bertz CT molecular complexity index is 919. The fourth-order valence-corrected chi connectivity index (χ4v) is 10.8. The van der Waals surface area contributed by atoms with Gasteiger partial charge in [-0.05, 0) is 103 Å². The maximum absolute atomic E-state index is 13.5. The second-order valence-electron chi connectivity index (χ2n) is 15.3. The molecular weight excluding hydrogens is 424 g/mol. The number of aliphatic carboxylic acids is 1. The Morgan fingerprint density at radius 2 is 1.56 bits per heavy atom. The lowest BCUT2D eigenvalue weighted by Gasteiger charge is -2.71. The number of fused-ring (bicyclic) bond motifs is 7. The zero-order valence-electron chi connectivity index (χ0n) is 22.6. The third-order valence-corrected chi connectivity index (χ3v) is 12.7. The van der Waals surface area contributed by atoms with Gasteiger partial charge in [0, 0.05) is 0 Å². The van der Waals surface area contributed by atoms with Crippen LogP contribution in [0.4, 0.5) is 0 Å². The summed E-state index contributed by atoms with van der Waals surface area (Å²) in [5, 5.41) is 33.7. The third-order valence-electron chi connectivity index (χ3n) is 12.7. The Morgan fingerprint density at radius 1 is 0.912 bits per heavy atom. The molecule has 0 aromatic heterocycles. The van der Waals surface area contributed by atoms with E-state index in [2.05, 4.69) is 54.5 Å². The van der Waals surface area contributed by atoms with Crippen LogP contribution in [0.15, 0.2) is 11.6 Å². The Hall–Kier alpha value is -0.870. The molecule has 9 atom stereocenters.